The van der Waals surface area contributed by atoms with Crippen LogP contribution >= 0.6 is 11.6 Å². The quantitative estimate of drug-likeness (QED) is 0.757. The fourth-order valence-corrected chi connectivity index (χ4v) is 5.61. The van der Waals surface area contributed by atoms with Gasteiger partial charge in [0.1, 0.15) is 11.5 Å². The Morgan fingerprint density at radius 3 is 2.64 bits per heavy atom. The van der Waals surface area contributed by atoms with Crippen molar-refractivity contribution in [3.63, 3.8) is 0 Å². The summed E-state index contributed by atoms with van der Waals surface area (Å²) in [6.45, 7) is 2.91. The average molecular weight is 380 g/mol. The summed E-state index contributed by atoms with van der Waals surface area (Å²) < 4.78 is 32.3. The van der Waals surface area contributed by atoms with Gasteiger partial charge in [-0.05, 0) is 31.6 Å². The van der Waals surface area contributed by atoms with E-state index in [1.807, 2.05) is 0 Å². The number of hydrogen-bond acceptors (Lipinski definition) is 4. The second-order valence-corrected chi connectivity index (χ2v) is 8.76. The number of Topliss-reactive ketones (excluding diaryl/α,β-unsaturated/α-hetero) is 1. The lowest BCUT2D eigenvalue weighted by atomic mass is 9.99. The first-order chi connectivity index (χ1) is 11.7. The SMILES string of the molecule is COC1=C(Cl)C=CCC1(C)S(=O)(=O)n1c(C(C)=O)cc2ccccc21. The molecule has 1 aliphatic rings. The number of methoxy groups -OCH3 is 1. The van der Waals surface area contributed by atoms with E-state index in [0.29, 0.717) is 10.9 Å². The Morgan fingerprint density at radius 2 is 2.00 bits per heavy atom. The number of ketones is 1. The van der Waals surface area contributed by atoms with Crippen LogP contribution in [-0.2, 0) is 14.8 Å². The molecule has 1 aromatic heterocycles. The number of halogens is 1. The molecular formula is C18H18ClNO4S. The summed E-state index contributed by atoms with van der Waals surface area (Å²) in [7, 11) is -2.64. The number of aromatic nitrogens is 1. The van der Waals surface area contributed by atoms with Gasteiger partial charge in [-0.2, -0.15) is 0 Å². The third kappa shape index (κ3) is 2.51. The summed E-state index contributed by atoms with van der Waals surface area (Å²) in [5, 5.41) is 0.918. The second kappa shape index (κ2) is 6.04. The lowest BCUT2D eigenvalue weighted by Crippen LogP contribution is -2.43. The summed E-state index contributed by atoms with van der Waals surface area (Å²) in [5.74, 6) is -0.160. The Labute approximate surface area is 151 Å². The third-order valence-corrected chi connectivity index (χ3v) is 7.17. The summed E-state index contributed by atoms with van der Waals surface area (Å²) in [6.07, 6.45) is 3.51. The summed E-state index contributed by atoms with van der Waals surface area (Å²) in [6, 6.07) is 8.58. The molecule has 1 heterocycles. The number of para-hydroxylation sites is 1. The highest BCUT2D eigenvalue weighted by Crippen LogP contribution is 2.40. The lowest BCUT2D eigenvalue weighted by molar-refractivity contribution is 0.101. The number of carbonyl (C=O) groups is 1. The summed E-state index contributed by atoms with van der Waals surface area (Å²) >= 11 is 6.18. The van der Waals surface area contributed by atoms with Crippen molar-refractivity contribution >= 4 is 38.3 Å². The number of fused-ring (bicyclic) bond motifs is 1. The molecule has 3 rings (SSSR count). The van der Waals surface area contributed by atoms with Gasteiger partial charge in [-0.1, -0.05) is 35.9 Å². The molecule has 5 nitrogen and oxygen atoms in total. The van der Waals surface area contributed by atoms with Crippen LogP contribution in [0.25, 0.3) is 10.9 Å². The molecule has 0 spiro atoms. The van der Waals surface area contributed by atoms with Crippen molar-refractivity contribution in [3.05, 3.63) is 59.0 Å². The molecule has 0 fully saturated rings. The first-order valence-corrected chi connectivity index (χ1v) is 9.53. The number of ether oxygens (including phenoxy) is 1. The highest BCUT2D eigenvalue weighted by molar-refractivity contribution is 7.91. The zero-order valence-corrected chi connectivity index (χ0v) is 15.7. The molecule has 132 valence electrons. The molecule has 0 amide bonds. The van der Waals surface area contributed by atoms with E-state index in [-0.39, 0.29) is 28.7 Å². The van der Waals surface area contributed by atoms with Crippen LogP contribution in [-0.4, -0.2) is 30.0 Å². The van der Waals surface area contributed by atoms with Crippen LogP contribution < -0.4 is 0 Å². The van der Waals surface area contributed by atoms with Crippen LogP contribution in [0.5, 0.6) is 0 Å². The van der Waals surface area contributed by atoms with Gasteiger partial charge in [0.15, 0.2) is 10.5 Å². The molecule has 0 N–H and O–H groups in total. The van der Waals surface area contributed by atoms with Crippen LogP contribution in [0.3, 0.4) is 0 Å². The standard InChI is InChI=1S/C18H18ClNO4S/c1-12(21)16-11-13-7-4-5-9-15(13)20(16)25(22,23)18(2)10-6-8-14(19)17(18)24-3/h4-9,11H,10H2,1-3H3. The van der Waals surface area contributed by atoms with Gasteiger partial charge in [0.2, 0.25) is 0 Å². The Balaban J connectivity index is 2.36. The fraction of sp³-hybridized carbons (Fsp3) is 0.278. The molecule has 25 heavy (non-hydrogen) atoms. The van der Waals surface area contributed by atoms with Crippen LogP contribution in [0.4, 0.5) is 0 Å². The van der Waals surface area contributed by atoms with Gasteiger partial charge in [-0.3, -0.25) is 4.79 Å². The van der Waals surface area contributed by atoms with Crippen molar-refractivity contribution in [3.8, 4) is 0 Å². The molecule has 0 saturated carbocycles. The zero-order valence-electron chi connectivity index (χ0n) is 14.1. The maximum absolute atomic E-state index is 13.6. The van der Waals surface area contributed by atoms with E-state index in [2.05, 4.69) is 0 Å². The van der Waals surface area contributed by atoms with Gasteiger partial charge in [0.05, 0.1) is 17.7 Å². The Morgan fingerprint density at radius 1 is 1.32 bits per heavy atom. The minimum absolute atomic E-state index is 0.114. The monoisotopic (exact) mass is 379 g/mol. The first kappa shape index (κ1) is 17.8. The average Bonchev–Trinajstić information content (AvgIpc) is 2.95. The molecule has 7 heteroatoms. The van der Waals surface area contributed by atoms with E-state index >= 15 is 0 Å². The van der Waals surface area contributed by atoms with Gasteiger partial charge in [-0.25, -0.2) is 12.4 Å². The predicted molar refractivity (Wildman–Crippen MR) is 98.3 cm³/mol. The van der Waals surface area contributed by atoms with Gasteiger partial charge >= 0.3 is 0 Å². The van der Waals surface area contributed by atoms with Crippen molar-refractivity contribution in [2.45, 2.75) is 25.0 Å². The molecule has 1 unspecified atom stereocenters. The molecule has 1 atom stereocenters. The Kier molecular flexibility index (Phi) is 4.29. The lowest BCUT2D eigenvalue weighted by Gasteiger charge is -2.33. The highest BCUT2D eigenvalue weighted by Gasteiger charge is 2.48. The van der Waals surface area contributed by atoms with E-state index in [1.165, 1.54) is 14.0 Å². The van der Waals surface area contributed by atoms with E-state index in [9.17, 15) is 13.2 Å². The second-order valence-electron chi connectivity index (χ2n) is 6.13. The number of benzene rings is 1. The van der Waals surface area contributed by atoms with Gasteiger partial charge in [0, 0.05) is 12.3 Å². The molecule has 0 saturated heterocycles. The number of rotatable bonds is 4. The number of hydrogen-bond donors (Lipinski definition) is 0. The van der Waals surface area contributed by atoms with E-state index in [4.69, 9.17) is 16.3 Å². The van der Waals surface area contributed by atoms with Crippen molar-refractivity contribution in [2.75, 3.05) is 7.11 Å². The molecule has 0 radical (unpaired) electrons. The largest absolute Gasteiger partial charge is 0.498 e. The zero-order chi connectivity index (χ0) is 18.4. The smallest absolute Gasteiger partial charge is 0.252 e. The van der Waals surface area contributed by atoms with E-state index in [0.717, 1.165) is 3.97 Å². The molecule has 1 aliphatic carbocycles. The van der Waals surface area contributed by atoms with Gasteiger partial charge in [0.25, 0.3) is 10.0 Å². The van der Waals surface area contributed by atoms with Crippen molar-refractivity contribution in [1.82, 2.24) is 3.97 Å². The molecule has 0 aliphatic heterocycles. The van der Waals surface area contributed by atoms with Gasteiger partial charge in [-0.15, -0.1) is 0 Å². The number of allylic oxidation sites excluding steroid dienone is 3. The van der Waals surface area contributed by atoms with Crippen molar-refractivity contribution in [2.24, 2.45) is 0 Å². The summed E-state index contributed by atoms with van der Waals surface area (Å²) in [5.41, 5.74) is 0.568. The van der Waals surface area contributed by atoms with Crippen molar-refractivity contribution in [1.29, 1.82) is 0 Å². The fourth-order valence-electron chi connectivity index (χ4n) is 3.18. The topological polar surface area (TPSA) is 65.4 Å². The third-order valence-electron chi connectivity index (χ3n) is 4.51. The molecule has 0 bridgehead atoms. The Bertz CT molecular complexity index is 1030. The number of nitrogens with zero attached hydrogens (tertiary/aromatic N) is 1. The van der Waals surface area contributed by atoms with Crippen LogP contribution in [0.1, 0.15) is 30.8 Å². The van der Waals surface area contributed by atoms with Crippen LogP contribution in [0, 0.1) is 0 Å². The number of carbonyl (C=O) groups excluding carboxylic acids is 1. The van der Waals surface area contributed by atoms with Gasteiger partial charge < -0.3 is 4.74 Å². The molecule has 2 aromatic rings. The van der Waals surface area contributed by atoms with Crippen molar-refractivity contribution < 1.29 is 17.9 Å². The minimum Gasteiger partial charge on any atom is -0.498 e. The highest BCUT2D eigenvalue weighted by atomic mass is 35.5. The predicted octanol–water partition coefficient (Wildman–Crippen LogP) is 3.84. The maximum Gasteiger partial charge on any atom is 0.252 e. The first-order valence-electron chi connectivity index (χ1n) is 7.71. The Hall–Kier alpha value is -2.05. The normalized spacial score (nSPS) is 21.0. The van der Waals surface area contributed by atoms with E-state index in [1.54, 1.807) is 49.4 Å². The van der Waals surface area contributed by atoms with Crippen LogP contribution in [0.2, 0.25) is 0 Å². The minimum atomic E-state index is -4.04. The van der Waals surface area contributed by atoms with E-state index < -0.39 is 14.8 Å². The van der Waals surface area contributed by atoms with Crippen LogP contribution in [0.15, 0.2) is 53.3 Å². The molecule has 1 aromatic carbocycles. The molecular weight excluding hydrogens is 362 g/mol. The maximum atomic E-state index is 13.6. The summed E-state index contributed by atoms with van der Waals surface area (Å²) in [4.78, 5) is 12.1.